The van der Waals surface area contributed by atoms with Crippen LogP contribution >= 0.6 is 0 Å². The van der Waals surface area contributed by atoms with Crippen LogP contribution in [0.1, 0.15) is 12.0 Å². The number of hydrogen-bond donors (Lipinski definition) is 2. The molecule has 1 amide bonds. The number of aryl methyl sites for hydroxylation is 1. The second kappa shape index (κ2) is 6.87. The number of imidazole rings is 1. The third-order valence-electron chi connectivity index (χ3n) is 3.56. The molecule has 0 fully saturated rings. The van der Waals surface area contributed by atoms with Crippen molar-refractivity contribution in [3.05, 3.63) is 72.4 Å². The van der Waals surface area contributed by atoms with Crippen LogP contribution in [0.25, 0.3) is 11.3 Å². The Morgan fingerprint density at radius 3 is 2.61 bits per heavy atom. The molecular formula is C18H16FN3O. The maximum absolute atomic E-state index is 13.5. The topological polar surface area (TPSA) is 57.8 Å². The highest BCUT2D eigenvalue weighted by molar-refractivity contribution is 5.91. The second-order valence-corrected chi connectivity index (χ2v) is 5.18. The Balaban J connectivity index is 1.57. The van der Waals surface area contributed by atoms with Crippen LogP contribution in [0.3, 0.4) is 0 Å². The third kappa shape index (κ3) is 3.83. The van der Waals surface area contributed by atoms with Crippen molar-refractivity contribution >= 4 is 11.6 Å². The second-order valence-electron chi connectivity index (χ2n) is 5.18. The first-order chi connectivity index (χ1) is 11.2. The van der Waals surface area contributed by atoms with E-state index in [-0.39, 0.29) is 18.1 Å². The lowest BCUT2D eigenvalue weighted by Gasteiger charge is -2.07. The molecule has 23 heavy (non-hydrogen) atoms. The number of benzene rings is 2. The Labute approximate surface area is 133 Å². The number of aromatic amines is 1. The molecule has 4 nitrogen and oxygen atoms in total. The molecule has 0 aliphatic rings. The Hall–Kier alpha value is -2.95. The van der Waals surface area contributed by atoms with E-state index in [4.69, 9.17) is 0 Å². The van der Waals surface area contributed by atoms with Gasteiger partial charge in [0.2, 0.25) is 5.91 Å². The molecule has 0 bridgehead atoms. The van der Waals surface area contributed by atoms with Gasteiger partial charge in [0.05, 0.1) is 18.2 Å². The molecule has 3 aromatic rings. The SMILES string of the molecule is O=C(CCc1ccccc1F)Nc1ccc(-c2cnc[nH]2)cc1. The number of H-pyrrole nitrogens is 1. The molecule has 0 saturated carbocycles. The van der Waals surface area contributed by atoms with E-state index < -0.39 is 0 Å². The van der Waals surface area contributed by atoms with Gasteiger partial charge in [-0.15, -0.1) is 0 Å². The first kappa shape index (κ1) is 15.0. The zero-order valence-corrected chi connectivity index (χ0v) is 12.4. The standard InChI is InChI=1S/C18H16FN3O/c19-16-4-2-1-3-13(16)7-10-18(23)22-15-8-5-14(6-9-15)17-11-20-12-21-17/h1-6,8-9,11-12H,7,10H2,(H,20,21)(H,22,23). The van der Waals surface area contributed by atoms with Crippen LogP contribution in [0, 0.1) is 5.82 Å². The molecule has 1 heterocycles. The molecule has 0 radical (unpaired) electrons. The van der Waals surface area contributed by atoms with E-state index in [1.165, 1.54) is 6.07 Å². The van der Waals surface area contributed by atoms with Crippen molar-refractivity contribution in [1.82, 2.24) is 9.97 Å². The Morgan fingerprint density at radius 1 is 1.13 bits per heavy atom. The number of nitrogens with one attached hydrogen (secondary N) is 2. The molecule has 0 spiro atoms. The van der Waals surface area contributed by atoms with Crippen molar-refractivity contribution in [1.29, 1.82) is 0 Å². The lowest BCUT2D eigenvalue weighted by molar-refractivity contribution is -0.116. The number of halogens is 1. The maximum Gasteiger partial charge on any atom is 0.224 e. The van der Waals surface area contributed by atoms with E-state index >= 15 is 0 Å². The quantitative estimate of drug-likeness (QED) is 0.753. The number of rotatable bonds is 5. The minimum Gasteiger partial charge on any atom is -0.345 e. The van der Waals surface area contributed by atoms with Gasteiger partial charge in [0.25, 0.3) is 0 Å². The lowest BCUT2D eigenvalue weighted by atomic mass is 10.1. The van der Waals surface area contributed by atoms with Gasteiger partial charge in [-0.3, -0.25) is 4.79 Å². The number of hydrogen-bond acceptors (Lipinski definition) is 2. The van der Waals surface area contributed by atoms with Crippen LogP contribution in [-0.4, -0.2) is 15.9 Å². The highest BCUT2D eigenvalue weighted by Gasteiger charge is 2.06. The van der Waals surface area contributed by atoms with E-state index in [0.29, 0.717) is 17.7 Å². The predicted molar refractivity (Wildman–Crippen MR) is 87.4 cm³/mol. The number of amides is 1. The van der Waals surface area contributed by atoms with Gasteiger partial charge in [0.1, 0.15) is 5.82 Å². The molecule has 2 N–H and O–H groups in total. The van der Waals surface area contributed by atoms with Gasteiger partial charge < -0.3 is 10.3 Å². The molecule has 3 rings (SSSR count). The van der Waals surface area contributed by atoms with Gasteiger partial charge in [-0.2, -0.15) is 0 Å². The van der Waals surface area contributed by atoms with Gasteiger partial charge in [-0.05, 0) is 35.7 Å². The average molecular weight is 309 g/mol. The Bertz CT molecular complexity index is 782. The normalized spacial score (nSPS) is 10.5. The molecule has 5 heteroatoms. The average Bonchev–Trinajstić information content (AvgIpc) is 3.09. The van der Waals surface area contributed by atoms with Gasteiger partial charge in [-0.25, -0.2) is 9.37 Å². The fourth-order valence-corrected chi connectivity index (χ4v) is 2.32. The fourth-order valence-electron chi connectivity index (χ4n) is 2.32. The molecule has 0 unspecified atom stereocenters. The number of anilines is 1. The Kier molecular flexibility index (Phi) is 4.47. The van der Waals surface area contributed by atoms with E-state index in [1.807, 2.05) is 24.3 Å². The fraction of sp³-hybridized carbons (Fsp3) is 0.111. The van der Waals surface area contributed by atoms with Crippen LogP contribution in [0.15, 0.2) is 61.1 Å². The van der Waals surface area contributed by atoms with E-state index in [9.17, 15) is 9.18 Å². The number of carbonyl (C=O) groups excluding carboxylic acids is 1. The molecule has 0 atom stereocenters. The maximum atomic E-state index is 13.5. The van der Waals surface area contributed by atoms with Crippen molar-refractivity contribution in [2.24, 2.45) is 0 Å². The predicted octanol–water partition coefficient (Wildman–Crippen LogP) is 3.79. The monoisotopic (exact) mass is 309 g/mol. The summed E-state index contributed by atoms with van der Waals surface area (Å²) in [6.07, 6.45) is 3.98. The molecule has 1 aromatic heterocycles. The summed E-state index contributed by atoms with van der Waals surface area (Å²) in [6, 6.07) is 14.0. The summed E-state index contributed by atoms with van der Waals surface area (Å²) in [7, 11) is 0. The van der Waals surface area contributed by atoms with Crippen molar-refractivity contribution < 1.29 is 9.18 Å². The summed E-state index contributed by atoms with van der Waals surface area (Å²) in [5.74, 6) is -0.410. The first-order valence-electron chi connectivity index (χ1n) is 7.34. The van der Waals surface area contributed by atoms with E-state index in [0.717, 1.165) is 11.3 Å². The molecule has 0 saturated heterocycles. The van der Waals surface area contributed by atoms with Crippen LogP contribution in [0.4, 0.5) is 10.1 Å². The molecule has 2 aromatic carbocycles. The molecule has 116 valence electrons. The summed E-state index contributed by atoms with van der Waals surface area (Å²) < 4.78 is 13.5. The lowest BCUT2D eigenvalue weighted by Crippen LogP contribution is -2.12. The van der Waals surface area contributed by atoms with Gasteiger partial charge in [-0.1, -0.05) is 30.3 Å². The zero-order valence-electron chi connectivity index (χ0n) is 12.4. The number of carbonyl (C=O) groups is 1. The summed E-state index contributed by atoms with van der Waals surface area (Å²) in [5.41, 5.74) is 3.18. The molecular weight excluding hydrogens is 293 g/mol. The van der Waals surface area contributed by atoms with E-state index in [2.05, 4.69) is 15.3 Å². The van der Waals surface area contributed by atoms with Gasteiger partial charge in [0.15, 0.2) is 0 Å². The van der Waals surface area contributed by atoms with Crippen LogP contribution in [0.2, 0.25) is 0 Å². The summed E-state index contributed by atoms with van der Waals surface area (Å²) >= 11 is 0. The number of aromatic nitrogens is 2. The molecule has 0 aliphatic carbocycles. The van der Waals surface area contributed by atoms with Crippen LogP contribution in [-0.2, 0) is 11.2 Å². The van der Waals surface area contributed by atoms with Crippen molar-refractivity contribution in [2.45, 2.75) is 12.8 Å². The highest BCUT2D eigenvalue weighted by Crippen LogP contribution is 2.19. The molecule has 0 aliphatic heterocycles. The van der Waals surface area contributed by atoms with Crippen molar-refractivity contribution in [3.8, 4) is 11.3 Å². The summed E-state index contributed by atoms with van der Waals surface area (Å²) in [5, 5.41) is 2.82. The summed E-state index contributed by atoms with van der Waals surface area (Å²) in [4.78, 5) is 19.0. The first-order valence-corrected chi connectivity index (χ1v) is 7.34. The van der Waals surface area contributed by atoms with Gasteiger partial charge >= 0.3 is 0 Å². The van der Waals surface area contributed by atoms with Crippen LogP contribution < -0.4 is 5.32 Å². The number of nitrogens with zero attached hydrogens (tertiary/aromatic N) is 1. The van der Waals surface area contributed by atoms with Gasteiger partial charge in [0, 0.05) is 12.1 Å². The largest absolute Gasteiger partial charge is 0.345 e. The Morgan fingerprint density at radius 2 is 1.91 bits per heavy atom. The van der Waals surface area contributed by atoms with E-state index in [1.54, 1.807) is 30.7 Å². The zero-order chi connectivity index (χ0) is 16.1. The summed E-state index contributed by atoms with van der Waals surface area (Å²) in [6.45, 7) is 0. The minimum absolute atomic E-state index is 0.137. The third-order valence-corrected chi connectivity index (χ3v) is 3.56. The highest BCUT2D eigenvalue weighted by atomic mass is 19.1. The smallest absolute Gasteiger partial charge is 0.224 e. The minimum atomic E-state index is -0.274. The van der Waals surface area contributed by atoms with Crippen molar-refractivity contribution in [3.63, 3.8) is 0 Å². The van der Waals surface area contributed by atoms with Crippen molar-refractivity contribution in [2.75, 3.05) is 5.32 Å². The van der Waals surface area contributed by atoms with Crippen LogP contribution in [0.5, 0.6) is 0 Å².